The Hall–Kier alpha value is -2.68. The Morgan fingerprint density at radius 3 is 2.80 bits per heavy atom. The van der Waals surface area contributed by atoms with Crippen LogP contribution in [-0.4, -0.2) is 34.7 Å². The summed E-state index contributed by atoms with van der Waals surface area (Å²) in [6, 6.07) is 5.58. The predicted molar refractivity (Wildman–Crippen MR) is 91.1 cm³/mol. The van der Waals surface area contributed by atoms with Gasteiger partial charge >= 0.3 is 5.97 Å². The summed E-state index contributed by atoms with van der Waals surface area (Å²) >= 11 is 0.994. The van der Waals surface area contributed by atoms with Gasteiger partial charge in [0.2, 0.25) is 5.91 Å². The molecule has 0 fully saturated rings. The number of amides is 1. The highest BCUT2D eigenvalue weighted by atomic mass is 32.2. The summed E-state index contributed by atoms with van der Waals surface area (Å²) in [5, 5.41) is 2.76. The van der Waals surface area contributed by atoms with Gasteiger partial charge in [0.1, 0.15) is 5.82 Å². The van der Waals surface area contributed by atoms with Gasteiger partial charge in [0, 0.05) is 11.8 Å². The molecule has 0 saturated carbocycles. The Kier molecular flexibility index (Phi) is 6.29. The molecule has 0 bridgehead atoms. The number of nitrogens with one attached hydrogen (secondary N) is 2. The van der Waals surface area contributed by atoms with Crippen molar-refractivity contribution in [1.82, 2.24) is 9.97 Å². The fourth-order valence-corrected chi connectivity index (χ4v) is 2.56. The summed E-state index contributed by atoms with van der Waals surface area (Å²) in [6.45, 7) is 1.63. The van der Waals surface area contributed by atoms with E-state index in [2.05, 4.69) is 20.0 Å². The van der Waals surface area contributed by atoms with Gasteiger partial charge in [-0.05, 0) is 24.6 Å². The number of carbonyl (C=O) groups is 2. The number of thioether (sulfide) groups is 1. The summed E-state index contributed by atoms with van der Waals surface area (Å²) in [5.41, 5.74) is 0.641. The lowest BCUT2D eigenvalue weighted by atomic mass is 10.2. The zero-order valence-electron chi connectivity index (χ0n) is 13.6. The van der Waals surface area contributed by atoms with E-state index in [1.807, 2.05) is 0 Å². The van der Waals surface area contributed by atoms with Crippen molar-refractivity contribution in [2.45, 2.75) is 18.5 Å². The van der Waals surface area contributed by atoms with Gasteiger partial charge in [-0.25, -0.2) is 9.37 Å². The predicted octanol–water partition coefficient (Wildman–Crippen LogP) is 1.66. The molecule has 9 heteroatoms. The molecule has 1 aromatic carbocycles. The van der Waals surface area contributed by atoms with Crippen LogP contribution in [0.4, 0.5) is 10.1 Å². The van der Waals surface area contributed by atoms with Crippen molar-refractivity contribution in [3.05, 3.63) is 51.7 Å². The Labute approximate surface area is 147 Å². The molecule has 132 valence electrons. The van der Waals surface area contributed by atoms with Crippen molar-refractivity contribution in [3.8, 4) is 0 Å². The number of hydrogen-bond acceptors (Lipinski definition) is 6. The molecule has 0 unspecified atom stereocenters. The highest BCUT2D eigenvalue weighted by Gasteiger charge is 2.10. The van der Waals surface area contributed by atoms with Gasteiger partial charge in [0.15, 0.2) is 5.16 Å². The minimum Gasteiger partial charge on any atom is -0.469 e. The maximum Gasteiger partial charge on any atom is 0.311 e. The highest BCUT2D eigenvalue weighted by molar-refractivity contribution is 7.99. The summed E-state index contributed by atoms with van der Waals surface area (Å²) in [7, 11) is 1.24. The fraction of sp³-hybridized carbons (Fsp3) is 0.250. The number of carbonyl (C=O) groups excluding carboxylic acids is 2. The number of aromatic amines is 1. The zero-order valence-corrected chi connectivity index (χ0v) is 14.4. The van der Waals surface area contributed by atoms with Crippen LogP contribution >= 0.6 is 11.8 Å². The van der Waals surface area contributed by atoms with Gasteiger partial charge in [-0.3, -0.25) is 14.4 Å². The van der Waals surface area contributed by atoms with Crippen molar-refractivity contribution in [3.63, 3.8) is 0 Å². The molecule has 7 nitrogen and oxygen atoms in total. The van der Waals surface area contributed by atoms with E-state index in [1.165, 1.54) is 19.2 Å². The quantitative estimate of drug-likeness (QED) is 0.459. The van der Waals surface area contributed by atoms with Crippen LogP contribution < -0.4 is 10.9 Å². The van der Waals surface area contributed by atoms with Crippen LogP contribution in [0.25, 0.3) is 0 Å². The summed E-state index contributed by atoms with van der Waals surface area (Å²) in [5.74, 6) is -1.35. The van der Waals surface area contributed by atoms with Crippen LogP contribution in [0.1, 0.15) is 11.3 Å². The average Bonchev–Trinajstić information content (AvgIpc) is 2.56. The first-order chi connectivity index (χ1) is 11.9. The minimum atomic E-state index is -0.520. The van der Waals surface area contributed by atoms with Gasteiger partial charge < -0.3 is 15.0 Å². The lowest BCUT2D eigenvalue weighted by Gasteiger charge is -2.06. The van der Waals surface area contributed by atoms with Crippen LogP contribution in [0, 0.1) is 12.7 Å². The minimum absolute atomic E-state index is 0.0416. The van der Waals surface area contributed by atoms with Crippen molar-refractivity contribution >= 4 is 29.3 Å². The second kappa shape index (κ2) is 8.43. The largest absolute Gasteiger partial charge is 0.469 e. The molecule has 0 aliphatic carbocycles. The number of esters is 1. The summed E-state index contributed by atoms with van der Waals surface area (Å²) < 4.78 is 18.0. The molecule has 0 aliphatic rings. The van der Waals surface area contributed by atoms with Crippen LogP contribution in [0.5, 0.6) is 0 Å². The average molecular weight is 365 g/mol. The number of aryl methyl sites for hydroxylation is 1. The van der Waals surface area contributed by atoms with E-state index in [-0.39, 0.29) is 28.9 Å². The number of rotatable bonds is 6. The number of nitrogens with zero attached hydrogens (tertiary/aromatic N) is 1. The molecule has 2 N–H and O–H groups in total. The monoisotopic (exact) mass is 365 g/mol. The molecule has 0 atom stereocenters. The summed E-state index contributed by atoms with van der Waals surface area (Å²) in [6.07, 6.45) is -0.136. The van der Waals surface area contributed by atoms with Crippen LogP contribution in [0.2, 0.25) is 0 Å². The van der Waals surface area contributed by atoms with E-state index in [9.17, 15) is 18.8 Å². The van der Waals surface area contributed by atoms with Gasteiger partial charge in [-0.1, -0.05) is 17.8 Å². The number of anilines is 1. The maximum absolute atomic E-state index is 13.5. The van der Waals surface area contributed by atoms with Crippen LogP contribution in [0.3, 0.4) is 0 Å². The third-order valence-electron chi connectivity index (χ3n) is 3.12. The number of hydrogen-bond donors (Lipinski definition) is 2. The number of benzene rings is 1. The van der Waals surface area contributed by atoms with E-state index in [0.29, 0.717) is 11.3 Å². The maximum atomic E-state index is 13.5. The lowest BCUT2D eigenvalue weighted by molar-refractivity contribution is -0.139. The number of halogens is 1. The fourth-order valence-electron chi connectivity index (χ4n) is 1.86. The molecule has 0 saturated heterocycles. The molecule has 1 heterocycles. The molecule has 0 radical (unpaired) electrons. The van der Waals surface area contributed by atoms with E-state index < -0.39 is 17.3 Å². The van der Waals surface area contributed by atoms with Crippen molar-refractivity contribution in [2.24, 2.45) is 0 Å². The lowest BCUT2D eigenvalue weighted by Crippen LogP contribution is -2.17. The molecule has 1 aromatic heterocycles. The highest BCUT2D eigenvalue weighted by Crippen LogP contribution is 2.16. The molecule has 0 aliphatic heterocycles. The van der Waals surface area contributed by atoms with E-state index in [1.54, 1.807) is 19.1 Å². The Morgan fingerprint density at radius 1 is 1.36 bits per heavy atom. The van der Waals surface area contributed by atoms with Crippen molar-refractivity contribution in [1.29, 1.82) is 0 Å². The van der Waals surface area contributed by atoms with Gasteiger partial charge in [-0.2, -0.15) is 0 Å². The van der Waals surface area contributed by atoms with E-state index in [0.717, 1.165) is 11.8 Å². The first-order valence-corrected chi connectivity index (χ1v) is 8.22. The van der Waals surface area contributed by atoms with E-state index in [4.69, 9.17) is 0 Å². The number of H-pyrrole nitrogens is 1. The standard InChI is InChI=1S/C16H16FN3O4S/c1-9-3-4-10(5-12(9)17)18-14(22)8-25-16-19-11(6-13(21)20-16)7-15(23)24-2/h3-6H,7-8H2,1-2H3,(H,18,22)(H,19,20,21). The molecular formula is C16H16FN3O4S. The molecule has 0 spiro atoms. The summed E-state index contributed by atoms with van der Waals surface area (Å²) in [4.78, 5) is 41.3. The molecule has 2 aromatic rings. The first-order valence-electron chi connectivity index (χ1n) is 7.23. The van der Waals surface area contributed by atoms with Gasteiger partial charge in [0.05, 0.1) is 25.0 Å². The SMILES string of the molecule is COC(=O)Cc1cc(=O)[nH]c(SCC(=O)Nc2ccc(C)c(F)c2)n1. The first kappa shape index (κ1) is 18.7. The third kappa shape index (κ3) is 5.71. The number of aromatic nitrogens is 2. The number of ether oxygens (including phenoxy) is 1. The second-order valence-electron chi connectivity index (χ2n) is 5.10. The Morgan fingerprint density at radius 2 is 2.12 bits per heavy atom. The Bertz CT molecular complexity index is 854. The number of methoxy groups -OCH3 is 1. The Balaban J connectivity index is 1.98. The molecular weight excluding hydrogens is 349 g/mol. The van der Waals surface area contributed by atoms with E-state index >= 15 is 0 Å². The van der Waals surface area contributed by atoms with Gasteiger partial charge in [0.25, 0.3) is 5.56 Å². The molecule has 1 amide bonds. The van der Waals surface area contributed by atoms with Crippen molar-refractivity contribution in [2.75, 3.05) is 18.2 Å². The van der Waals surface area contributed by atoms with Gasteiger partial charge in [-0.15, -0.1) is 0 Å². The second-order valence-corrected chi connectivity index (χ2v) is 6.06. The van der Waals surface area contributed by atoms with Crippen LogP contribution in [-0.2, 0) is 20.7 Å². The molecule has 2 rings (SSSR count). The molecule has 25 heavy (non-hydrogen) atoms. The zero-order chi connectivity index (χ0) is 18.4. The normalized spacial score (nSPS) is 10.4. The third-order valence-corrected chi connectivity index (χ3v) is 4.00. The smallest absolute Gasteiger partial charge is 0.311 e. The van der Waals surface area contributed by atoms with Crippen molar-refractivity contribution < 1.29 is 18.7 Å². The topological polar surface area (TPSA) is 101 Å². The van der Waals surface area contributed by atoms with Crippen LogP contribution in [0.15, 0.2) is 34.2 Å².